The van der Waals surface area contributed by atoms with Crippen molar-refractivity contribution in [3.8, 4) is 0 Å². The number of aryl methyl sites for hydroxylation is 2. The number of piperidine rings is 1. The number of amides is 1. The first kappa shape index (κ1) is 14.6. The van der Waals surface area contributed by atoms with Crippen LogP contribution in [0.4, 0.5) is 11.1 Å². The third kappa shape index (κ3) is 3.06. The lowest BCUT2D eigenvalue weighted by Crippen LogP contribution is -2.41. The van der Waals surface area contributed by atoms with Crippen LogP contribution in [-0.4, -0.2) is 33.9 Å². The van der Waals surface area contributed by atoms with Gasteiger partial charge in [0.15, 0.2) is 5.13 Å². The van der Waals surface area contributed by atoms with Crippen LogP contribution in [0.15, 0.2) is 18.5 Å². The van der Waals surface area contributed by atoms with Gasteiger partial charge in [-0.25, -0.2) is 15.0 Å². The molecule has 1 aliphatic carbocycles. The summed E-state index contributed by atoms with van der Waals surface area (Å²) in [5.41, 5.74) is 1.17. The number of nitrogens with one attached hydrogen (secondary N) is 1. The molecule has 1 N–H and O–H groups in total. The van der Waals surface area contributed by atoms with Crippen LogP contribution in [-0.2, 0) is 17.6 Å². The molecular formula is C16H19N5OS. The summed E-state index contributed by atoms with van der Waals surface area (Å²) in [6, 6.07) is 1.80. The van der Waals surface area contributed by atoms with Gasteiger partial charge in [-0.2, -0.15) is 0 Å². The van der Waals surface area contributed by atoms with Crippen molar-refractivity contribution in [2.24, 2.45) is 5.92 Å². The van der Waals surface area contributed by atoms with E-state index in [-0.39, 0.29) is 11.8 Å². The predicted molar refractivity (Wildman–Crippen MR) is 89.7 cm³/mol. The summed E-state index contributed by atoms with van der Waals surface area (Å²) in [5, 5.41) is 3.77. The van der Waals surface area contributed by atoms with Crippen LogP contribution in [0, 0.1) is 5.92 Å². The second kappa shape index (κ2) is 6.23. The molecule has 23 heavy (non-hydrogen) atoms. The molecule has 0 spiro atoms. The summed E-state index contributed by atoms with van der Waals surface area (Å²) in [4.78, 5) is 29.1. The predicted octanol–water partition coefficient (Wildman–Crippen LogP) is 2.28. The molecule has 6 nitrogen and oxygen atoms in total. The zero-order valence-electron chi connectivity index (χ0n) is 12.9. The molecule has 4 rings (SSSR count). The largest absolute Gasteiger partial charge is 0.340 e. The van der Waals surface area contributed by atoms with Crippen LogP contribution in [0.1, 0.15) is 29.8 Å². The summed E-state index contributed by atoms with van der Waals surface area (Å²) in [7, 11) is 0. The number of hydrogen-bond donors (Lipinski definition) is 1. The van der Waals surface area contributed by atoms with Crippen LogP contribution >= 0.6 is 11.3 Å². The van der Waals surface area contributed by atoms with E-state index in [0.717, 1.165) is 37.4 Å². The van der Waals surface area contributed by atoms with Gasteiger partial charge in [0, 0.05) is 30.4 Å². The summed E-state index contributed by atoms with van der Waals surface area (Å²) in [5.74, 6) is 0.738. The van der Waals surface area contributed by atoms with E-state index in [2.05, 4.69) is 25.2 Å². The van der Waals surface area contributed by atoms with Gasteiger partial charge in [0.1, 0.15) is 0 Å². The normalized spacial score (nSPS) is 20.3. The second-order valence-electron chi connectivity index (χ2n) is 6.07. The van der Waals surface area contributed by atoms with Crippen LogP contribution in [0.25, 0.3) is 0 Å². The van der Waals surface area contributed by atoms with Crippen LogP contribution in [0.5, 0.6) is 0 Å². The number of rotatable bonds is 3. The van der Waals surface area contributed by atoms with E-state index in [1.165, 1.54) is 17.0 Å². The lowest BCUT2D eigenvalue weighted by atomic mass is 9.97. The van der Waals surface area contributed by atoms with Gasteiger partial charge >= 0.3 is 0 Å². The Morgan fingerprint density at radius 3 is 2.96 bits per heavy atom. The third-order valence-electron chi connectivity index (χ3n) is 4.45. The van der Waals surface area contributed by atoms with Crippen molar-refractivity contribution in [1.82, 2.24) is 15.0 Å². The average molecular weight is 329 g/mol. The lowest BCUT2D eigenvalue weighted by Gasteiger charge is -2.31. The van der Waals surface area contributed by atoms with Crippen molar-refractivity contribution in [3.63, 3.8) is 0 Å². The number of fused-ring (bicyclic) bond motifs is 1. The van der Waals surface area contributed by atoms with E-state index in [0.29, 0.717) is 12.5 Å². The molecule has 2 aliphatic rings. The summed E-state index contributed by atoms with van der Waals surface area (Å²) < 4.78 is 0. The summed E-state index contributed by atoms with van der Waals surface area (Å²) in [6.07, 6.45) is 8.70. The maximum atomic E-state index is 12.6. The van der Waals surface area contributed by atoms with E-state index >= 15 is 0 Å². The van der Waals surface area contributed by atoms with E-state index in [1.807, 2.05) is 0 Å². The number of carbonyl (C=O) groups excluding carboxylic acids is 1. The minimum absolute atomic E-state index is 0.0358. The first-order valence-electron chi connectivity index (χ1n) is 8.11. The molecule has 1 aliphatic heterocycles. The van der Waals surface area contributed by atoms with Crippen LogP contribution in [0.2, 0.25) is 0 Å². The fourth-order valence-corrected chi connectivity index (χ4v) is 4.33. The third-order valence-corrected chi connectivity index (χ3v) is 5.53. The Kier molecular flexibility index (Phi) is 3.95. The number of thiazole rings is 1. The van der Waals surface area contributed by atoms with Crippen molar-refractivity contribution in [1.29, 1.82) is 0 Å². The Morgan fingerprint density at radius 2 is 2.13 bits per heavy atom. The quantitative estimate of drug-likeness (QED) is 0.935. The van der Waals surface area contributed by atoms with Gasteiger partial charge < -0.3 is 10.2 Å². The highest BCUT2D eigenvalue weighted by Gasteiger charge is 2.28. The molecule has 0 aromatic carbocycles. The van der Waals surface area contributed by atoms with E-state index in [9.17, 15) is 4.79 Å². The van der Waals surface area contributed by atoms with E-state index in [4.69, 9.17) is 0 Å². The highest BCUT2D eigenvalue weighted by Crippen LogP contribution is 2.31. The van der Waals surface area contributed by atoms with Gasteiger partial charge in [-0.3, -0.25) is 4.79 Å². The monoisotopic (exact) mass is 329 g/mol. The Balaban J connectivity index is 1.41. The van der Waals surface area contributed by atoms with Gasteiger partial charge in [-0.1, -0.05) is 0 Å². The number of nitrogens with zero attached hydrogens (tertiary/aromatic N) is 4. The minimum Gasteiger partial charge on any atom is -0.340 e. The molecule has 1 saturated heterocycles. The molecule has 0 radical (unpaired) electrons. The van der Waals surface area contributed by atoms with E-state index in [1.54, 1.807) is 29.8 Å². The van der Waals surface area contributed by atoms with Gasteiger partial charge in [-0.15, -0.1) is 11.3 Å². The molecule has 1 fully saturated rings. The molecule has 7 heteroatoms. The van der Waals surface area contributed by atoms with Crippen molar-refractivity contribution < 1.29 is 4.79 Å². The van der Waals surface area contributed by atoms with Gasteiger partial charge in [0.05, 0.1) is 11.6 Å². The fraction of sp³-hybridized carbons (Fsp3) is 0.500. The summed E-state index contributed by atoms with van der Waals surface area (Å²) in [6.45, 7) is 1.57. The lowest BCUT2D eigenvalue weighted by molar-refractivity contribution is -0.120. The van der Waals surface area contributed by atoms with Gasteiger partial charge in [-0.05, 0) is 38.2 Å². The minimum atomic E-state index is -0.0358. The number of aromatic nitrogens is 3. The molecule has 2 aromatic heterocycles. The maximum Gasteiger partial charge on any atom is 0.231 e. The highest BCUT2D eigenvalue weighted by molar-refractivity contribution is 7.15. The molecule has 0 bridgehead atoms. The standard InChI is InChI=1S/C16H19N5OS/c22-14(20-16-19-12-5-1-6-13(12)23-16)11-4-2-9-21(10-11)15-17-7-3-8-18-15/h3,7-8,11H,1-2,4-6,9-10H2,(H,19,20,22)/t11-/m0/s1. The van der Waals surface area contributed by atoms with Crippen molar-refractivity contribution >= 4 is 28.3 Å². The SMILES string of the molecule is O=C(Nc1nc2c(s1)CCC2)[C@H]1CCCN(c2ncccn2)C1. The molecule has 120 valence electrons. The highest BCUT2D eigenvalue weighted by atomic mass is 32.1. The maximum absolute atomic E-state index is 12.6. The zero-order chi connectivity index (χ0) is 15.6. The van der Waals surface area contributed by atoms with Crippen molar-refractivity contribution in [3.05, 3.63) is 29.0 Å². The first-order chi connectivity index (χ1) is 11.3. The second-order valence-corrected chi connectivity index (χ2v) is 7.15. The molecule has 2 aromatic rings. The van der Waals surface area contributed by atoms with Crippen molar-refractivity contribution in [2.45, 2.75) is 32.1 Å². The van der Waals surface area contributed by atoms with E-state index < -0.39 is 0 Å². The fourth-order valence-electron chi connectivity index (χ4n) is 3.28. The van der Waals surface area contributed by atoms with Crippen LogP contribution < -0.4 is 10.2 Å². The molecule has 1 amide bonds. The molecule has 3 heterocycles. The Labute approximate surface area is 139 Å². The molecule has 0 saturated carbocycles. The smallest absolute Gasteiger partial charge is 0.231 e. The average Bonchev–Trinajstić information content (AvgIpc) is 3.17. The zero-order valence-corrected chi connectivity index (χ0v) is 13.7. The molecule has 0 unspecified atom stereocenters. The Morgan fingerprint density at radius 1 is 1.26 bits per heavy atom. The van der Waals surface area contributed by atoms with Crippen LogP contribution in [0.3, 0.4) is 0 Å². The number of carbonyl (C=O) groups is 1. The first-order valence-corrected chi connectivity index (χ1v) is 8.92. The van der Waals surface area contributed by atoms with Gasteiger partial charge in [0.25, 0.3) is 0 Å². The van der Waals surface area contributed by atoms with Crippen molar-refractivity contribution in [2.75, 3.05) is 23.3 Å². The molecule has 1 atom stereocenters. The Hall–Kier alpha value is -2.02. The summed E-state index contributed by atoms with van der Waals surface area (Å²) >= 11 is 1.63. The number of hydrogen-bond acceptors (Lipinski definition) is 6. The number of anilines is 2. The topological polar surface area (TPSA) is 71.0 Å². The van der Waals surface area contributed by atoms with Gasteiger partial charge in [0.2, 0.25) is 11.9 Å². The Bertz CT molecular complexity index is 680. The molecular weight excluding hydrogens is 310 g/mol.